The van der Waals surface area contributed by atoms with Gasteiger partial charge in [-0.1, -0.05) is 67.6 Å². The zero-order valence-electron chi connectivity index (χ0n) is 19.5. The average molecular weight is 462 g/mol. The lowest BCUT2D eigenvalue weighted by Crippen LogP contribution is -2.41. The van der Waals surface area contributed by atoms with Gasteiger partial charge in [0.05, 0.1) is 37.8 Å². The molecule has 0 atom stereocenters. The number of H-pyrrole nitrogens is 1. The van der Waals surface area contributed by atoms with Crippen LogP contribution in [-0.2, 0) is 19.0 Å². The highest BCUT2D eigenvalue weighted by Gasteiger charge is 2.35. The van der Waals surface area contributed by atoms with Crippen LogP contribution in [0.15, 0.2) is 60.7 Å². The zero-order chi connectivity index (χ0) is 23.4. The quantitative estimate of drug-likeness (QED) is 0.502. The van der Waals surface area contributed by atoms with Crippen molar-refractivity contribution < 1.29 is 19.0 Å². The third-order valence-electron chi connectivity index (χ3n) is 6.35. The van der Waals surface area contributed by atoms with E-state index in [1.165, 1.54) is 0 Å². The summed E-state index contributed by atoms with van der Waals surface area (Å²) in [6.45, 7) is 5.64. The smallest absolute Gasteiger partial charge is 0.222 e. The van der Waals surface area contributed by atoms with Crippen LogP contribution in [0.4, 0.5) is 0 Å². The molecule has 0 saturated carbocycles. The maximum atomic E-state index is 11.7. The Morgan fingerprint density at radius 2 is 1.74 bits per heavy atom. The molecule has 7 heteroatoms. The zero-order valence-corrected chi connectivity index (χ0v) is 19.5. The Morgan fingerprint density at radius 1 is 1.06 bits per heavy atom. The molecule has 2 aromatic carbocycles. The van der Waals surface area contributed by atoms with Crippen LogP contribution < -0.4 is 0 Å². The summed E-state index contributed by atoms with van der Waals surface area (Å²) >= 11 is 0. The number of hydrogen-bond donors (Lipinski definition) is 1. The molecule has 7 nitrogen and oxygen atoms in total. The predicted octanol–water partition coefficient (Wildman–Crippen LogP) is 4.43. The van der Waals surface area contributed by atoms with Gasteiger partial charge in [0, 0.05) is 36.1 Å². The Balaban J connectivity index is 1.23. The number of imidazole rings is 1. The van der Waals surface area contributed by atoms with Crippen molar-refractivity contribution in [3.63, 3.8) is 0 Å². The predicted molar refractivity (Wildman–Crippen MR) is 129 cm³/mol. The Hall–Kier alpha value is -3.00. The van der Waals surface area contributed by atoms with E-state index < -0.39 is 6.29 Å². The Kier molecular flexibility index (Phi) is 6.76. The third-order valence-corrected chi connectivity index (χ3v) is 6.35. The highest BCUT2D eigenvalue weighted by atomic mass is 16.7. The molecule has 1 amide bonds. The van der Waals surface area contributed by atoms with Crippen molar-refractivity contribution in [1.29, 1.82) is 0 Å². The fourth-order valence-corrected chi connectivity index (χ4v) is 4.44. The summed E-state index contributed by atoms with van der Waals surface area (Å²) in [4.78, 5) is 21.9. The van der Waals surface area contributed by atoms with Gasteiger partial charge in [-0.25, -0.2) is 4.98 Å². The molecule has 5 rings (SSSR count). The van der Waals surface area contributed by atoms with Gasteiger partial charge in [0.25, 0.3) is 0 Å². The summed E-state index contributed by atoms with van der Waals surface area (Å²) in [5, 5.41) is 0. The van der Waals surface area contributed by atoms with Gasteiger partial charge < -0.3 is 24.1 Å². The average Bonchev–Trinajstić information content (AvgIpc) is 3.50. The van der Waals surface area contributed by atoms with E-state index in [9.17, 15) is 4.79 Å². The van der Waals surface area contributed by atoms with Crippen LogP contribution in [0.3, 0.4) is 0 Å². The summed E-state index contributed by atoms with van der Waals surface area (Å²) in [5.41, 5.74) is 3.67. The second-order valence-corrected chi connectivity index (χ2v) is 9.38. The molecule has 2 saturated heterocycles. The fourth-order valence-electron chi connectivity index (χ4n) is 4.44. The maximum absolute atomic E-state index is 11.7. The summed E-state index contributed by atoms with van der Waals surface area (Å²) in [6, 6.07) is 20.3. The number of nitrogens with zero attached hydrogens (tertiary/aromatic N) is 2. The number of aromatic nitrogens is 2. The minimum Gasteiger partial charge on any atom is -0.379 e. The molecule has 1 aromatic heterocycles. The minimum absolute atomic E-state index is 0.227. The molecule has 1 N–H and O–H groups in total. The fraction of sp³-hybridized carbons (Fsp3) is 0.407. The molecule has 0 bridgehead atoms. The van der Waals surface area contributed by atoms with Gasteiger partial charge in [-0.05, 0) is 6.42 Å². The molecule has 0 radical (unpaired) electrons. The van der Waals surface area contributed by atoms with Gasteiger partial charge in [0.1, 0.15) is 0 Å². The number of ether oxygens (including phenoxy) is 3. The largest absolute Gasteiger partial charge is 0.379 e. The number of carbonyl (C=O) groups excluding carboxylic acids is 1. The maximum Gasteiger partial charge on any atom is 0.222 e. The SMILES string of the molecule is CC1(COCCN2CCCC2=O)COC(c2nc(-c3ccccc3)c(-c3ccccc3)[nH]2)OC1. The van der Waals surface area contributed by atoms with E-state index in [1.807, 2.05) is 41.3 Å². The van der Waals surface area contributed by atoms with Gasteiger partial charge in [-0.15, -0.1) is 0 Å². The molecule has 2 fully saturated rings. The molecule has 0 aliphatic carbocycles. The second kappa shape index (κ2) is 10.1. The number of benzene rings is 2. The Morgan fingerprint density at radius 3 is 2.38 bits per heavy atom. The van der Waals surface area contributed by atoms with Crippen LogP contribution in [0.1, 0.15) is 31.9 Å². The van der Waals surface area contributed by atoms with Gasteiger partial charge in [0.15, 0.2) is 5.82 Å². The molecular weight excluding hydrogens is 430 g/mol. The molecule has 2 aliphatic rings. The van der Waals surface area contributed by atoms with Crippen LogP contribution >= 0.6 is 0 Å². The van der Waals surface area contributed by atoms with Crippen LogP contribution in [0.5, 0.6) is 0 Å². The molecule has 178 valence electrons. The molecule has 34 heavy (non-hydrogen) atoms. The number of aromatic amines is 1. The highest BCUT2D eigenvalue weighted by Crippen LogP contribution is 2.35. The van der Waals surface area contributed by atoms with Gasteiger partial charge in [-0.3, -0.25) is 4.79 Å². The number of likely N-dealkylation sites (tertiary alicyclic amines) is 1. The first kappa shape index (κ1) is 22.8. The lowest BCUT2D eigenvalue weighted by molar-refractivity contribution is -0.242. The number of hydrogen-bond acceptors (Lipinski definition) is 5. The first-order valence-electron chi connectivity index (χ1n) is 11.9. The van der Waals surface area contributed by atoms with Crippen LogP contribution in [0.25, 0.3) is 22.5 Å². The lowest BCUT2D eigenvalue weighted by Gasteiger charge is -2.36. The van der Waals surface area contributed by atoms with Crippen LogP contribution in [-0.4, -0.2) is 60.3 Å². The Bertz CT molecular complexity index is 1030. The molecule has 3 aromatic rings. The normalized spacial score (nSPS) is 22.9. The van der Waals surface area contributed by atoms with Crippen molar-refractivity contribution in [1.82, 2.24) is 14.9 Å². The molecule has 0 unspecified atom stereocenters. The van der Waals surface area contributed by atoms with Crippen molar-refractivity contribution in [3.8, 4) is 22.5 Å². The monoisotopic (exact) mass is 461 g/mol. The number of amides is 1. The summed E-state index contributed by atoms with van der Waals surface area (Å²) in [7, 11) is 0. The summed E-state index contributed by atoms with van der Waals surface area (Å²) < 4.78 is 18.1. The molecule has 2 aliphatic heterocycles. The van der Waals surface area contributed by atoms with E-state index in [-0.39, 0.29) is 11.3 Å². The number of rotatable bonds is 8. The first-order valence-corrected chi connectivity index (χ1v) is 11.9. The van der Waals surface area contributed by atoms with E-state index >= 15 is 0 Å². The van der Waals surface area contributed by atoms with E-state index in [0.717, 1.165) is 35.5 Å². The molecule has 0 spiro atoms. The summed E-state index contributed by atoms with van der Waals surface area (Å²) in [5.74, 6) is 0.887. The second-order valence-electron chi connectivity index (χ2n) is 9.38. The van der Waals surface area contributed by atoms with Gasteiger partial charge >= 0.3 is 0 Å². The first-order chi connectivity index (χ1) is 16.6. The van der Waals surface area contributed by atoms with Crippen molar-refractivity contribution in [2.45, 2.75) is 26.1 Å². The topological polar surface area (TPSA) is 76.7 Å². The number of carbonyl (C=O) groups is 1. The van der Waals surface area contributed by atoms with Crippen molar-refractivity contribution in [2.24, 2.45) is 5.41 Å². The minimum atomic E-state index is -0.560. The third kappa shape index (κ3) is 5.06. The van der Waals surface area contributed by atoms with Crippen molar-refractivity contribution in [2.75, 3.05) is 39.5 Å². The van der Waals surface area contributed by atoms with E-state index in [0.29, 0.717) is 45.2 Å². The van der Waals surface area contributed by atoms with E-state index in [2.05, 4.69) is 36.2 Å². The van der Waals surface area contributed by atoms with E-state index in [1.54, 1.807) is 0 Å². The van der Waals surface area contributed by atoms with E-state index in [4.69, 9.17) is 19.2 Å². The van der Waals surface area contributed by atoms with Crippen molar-refractivity contribution in [3.05, 3.63) is 66.5 Å². The molecular formula is C27H31N3O4. The Labute approximate surface area is 200 Å². The highest BCUT2D eigenvalue weighted by molar-refractivity contribution is 5.78. The van der Waals surface area contributed by atoms with Crippen LogP contribution in [0, 0.1) is 5.41 Å². The molecule has 3 heterocycles. The van der Waals surface area contributed by atoms with Crippen LogP contribution in [0.2, 0.25) is 0 Å². The standard InChI is InChI=1S/C27H31N3O4/c1-27(17-32-16-15-30-14-8-13-22(30)31)18-33-26(34-19-27)25-28-23(20-9-4-2-5-10-20)24(29-25)21-11-6-3-7-12-21/h2-7,9-12,26H,8,13-19H2,1H3,(H,28,29). The van der Waals surface area contributed by atoms with Crippen molar-refractivity contribution >= 4 is 5.91 Å². The van der Waals surface area contributed by atoms with Gasteiger partial charge in [-0.2, -0.15) is 0 Å². The summed E-state index contributed by atoms with van der Waals surface area (Å²) in [6.07, 6.45) is 1.05. The van der Waals surface area contributed by atoms with Gasteiger partial charge in [0.2, 0.25) is 12.2 Å². The lowest BCUT2D eigenvalue weighted by atomic mass is 9.93. The number of nitrogens with one attached hydrogen (secondary N) is 1.